The normalized spacial score (nSPS) is 15.6. The van der Waals surface area contributed by atoms with Crippen LogP contribution in [0.3, 0.4) is 0 Å². The molecule has 0 bridgehead atoms. The minimum absolute atomic E-state index is 0.296. The molecule has 1 aromatic rings. The van der Waals surface area contributed by atoms with Crippen molar-refractivity contribution >= 4 is 17.6 Å². The van der Waals surface area contributed by atoms with Crippen molar-refractivity contribution in [3.05, 3.63) is 29.8 Å². The summed E-state index contributed by atoms with van der Waals surface area (Å²) in [4.78, 5) is 5.00. The second-order valence-corrected chi connectivity index (χ2v) is 6.25. The number of benzene rings is 1. The van der Waals surface area contributed by atoms with E-state index in [9.17, 15) is 8.78 Å². The fraction of sp³-hybridized carbons (Fsp3) is 0.562. The van der Waals surface area contributed by atoms with Crippen molar-refractivity contribution in [1.29, 1.82) is 0 Å². The maximum absolute atomic E-state index is 13.0. The molecule has 0 saturated heterocycles. The maximum atomic E-state index is 13.0. The van der Waals surface area contributed by atoms with Gasteiger partial charge in [0, 0.05) is 24.3 Å². The van der Waals surface area contributed by atoms with Crippen LogP contribution < -0.4 is 5.32 Å². The molecule has 0 aromatic heterocycles. The minimum atomic E-state index is -2.73. The number of nitrogens with zero attached hydrogens (tertiary/aromatic N) is 1. The van der Waals surface area contributed by atoms with Crippen molar-refractivity contribution in [1.82, 2.24) is 5.32 Å². The van der Waals surface area contributed by atoms with E-state index in [1.54, 1.807) is 6.07 Å². The number of rotatable bonds is 5. The minimum Gasteiger partial charge on any atom is -0.372 e. The predicted molar refractivity (Wildman–Crippen MR) is 87.4 cm³/mol. The molecule has 0 fully saturated rings. The molecule has 2 rings (SSSR count). The van der Waals surface area contributed by atoms with Crippen LogP contribution in [-0.2, 0) is 6.42 Å². The summed E-state index contributed by atoms with van der Waals surface area (Å²) in [5.41, 5.74) is 1.07. The number of hydrogen-bond acceptors (Lipinski definition) is 3. The Morgan fingerprint density at radius 1 is 1.38 bits per heavy atom. The SMILES string of the molecule is CC.CC(Cc1cccc(SC(C)(F)F)c1)C1=NCCN1. The Labute approximate surface area is 130 Å². The summed E-state index contributed by atoms with van der Waals surface area (Å²) >= 11 is 0.595. The Bertz CT molecular complexity index is 470. The van der Waals surface area contributed by atoms with Gasteiger partial charge in [0.25, 0.3) is 5.25 Å². The van der Waals surface area contributed by atoms with Crippen LogP contribution in [0.25, 0.3) is 0 Å². The van der Waals surface area contributed by atoms with E-state index in [0.29, 0.717) is 22.6 Å². The van der Waals surface area contributed by atoms with Crippen LogP contribution in [0, 0.1) is 5.92 Å². The first-order valence-electron chi connectivity index (χ1n) is 7.38. The van der Waals surface area contributed by atoms with Crippen LogP contribution in [0.5, 0.6) is 0 Å². The van der Waals surface area contributed by atoms with E-state index in [1.807, 2.05) is 32.0 Å². The number of hydrogen-bond donors (Lipinski definition) is 1. The average Bonchev–Trinajstić information content (AvgIpc) is 2.93. The lowest BCUT2D eigenvalue weighted by Crippen LogP contribution is -2.26. The molecule has 1 unspecified atom stereocenters. The lowest BCUT2D eigenvalue weighted by Gasteiger charge is -2.14. The van der Waals surface area contributed by atoms with Gasteiger partial charge in [-0.15, -0.1) is 0 Å². The van der Waals surface area contributed by atoms with Gasteiger partial charge >= 0.3 is 0 Å². The first-order valence-corrected chi connectivity index (χ1v) is 8.20. The van der Waals surface area contributed by atoms with Gasteiger partial charge < -0.3 is 5.32 Å². The van der Waals surface area contributed by atoms with Crippen molar-refractivity contribution in [2.45, 2.75) is 44.3 Å². The lowest BCUT2D eigenvalue weighted by molar-refractivity contribution is 0.129. The molecular weight excluding hydrogens is 290 g/mol. The second-order valence-electron chi connectivity index (χ2n) is 4.86. The molecule has 21 heavy (non-hydrogen) atoms. The molecule has 0 saturated carbocycles. The maximum Gasteiger partial charge on any atom is 0.295 e. The number of thioether (sulfide) groups is 1. The van der Waals surface area contributed by atoms with E-state index >= 15 is 0 Å². The number of alkyl halides is 2. The Morgan fingerprint density at radius 3 is 2.67 bits per heavy atom. The zero-order valence-electron chi connectivity index (χ0n) is 13.1. The van der Waals surface area contributed by atoms with Crippen molar-refractivity contribution in [3.63, 3.8) is 0 Å². The third-order valence-corrected chi connectivity index (χ3v) is 3.75. The highest BCUT2D eigenvalue weighted by molar-refractivity contribution is 8.00. The highest BCUT2D eigenvalue weighted by Gasteiger charge is 2.23. The smallest absolute Gasteiger partial charge is 0.295 e. The first-order chi connectivity index (χ1) is 9.94. The monoisotopic (exact) mass is 314 g/mol. The summed E-state index contributed by atoms with van der Waals surface area (Å²) < 4.78 is 26.0. The second kappa shape index (κ2) is 8.37. The Balaban J connectivity index is 0.00000106. The summed E-state index contributed by atoms with van der Waals surface area (Å²) in [7, 11) is 0. The predicted octanol–water partition coefficient (Wildman–Crippen LogP) is 4.60. The molecular formula is C16H24F2N2S. The van der Waals surface area contributed by atoms with E-state index < -0.39 is 5.25 Å². The van der Waals surface area contributed by atoms with Crippen LogP contribution in [0.1, 0.15) is 33.3 Å². The van der Waals surface area contributed by atoms with Crippen LogP contribution in [0.15, 0.2) is 34.2 Å². The van der Waals surface area contributed by atoms with Crippen molar-refractivity contribution in [3.8, 4) is 0 Å². The van der Waals surface area contributed by atoms with Crippen molar-refractivity contribution in [2.75, 3.05) is 13.1 Å². The molecule has 0 radical (unpaired) electrons. The van der Waals surface area contributed by atoms with Crippen LogP contribution in [-0.4, -0.2) is 24.2 Å². The third kappa shape index (κ3) is 6.46. The van der Waals surface area contributed by atoms with E-state index in [2.05, 4.69) is 17.2 Å². The Morgan fingerprint density at radius 2 is 2.10 bits per heavy atom. The highest BCUT2D eigenvalue weighted by Crippen LogP contribution is 2.35. The summed E-state index contributed by atoms with van der Waals surface area (Å²) in [6.45, 7) is 8.75. The Hall–Kier alpha value is -1.10. The van der Waals surface area contributed by atoms with Gasteiger partial charge in [-0.05, 0) is 24.1 Å². The van der Waals surface area contributed by atoms with Gasteiger partial charge in [-0.2, -0.15) is 8.78 Å². The molecule has 1 atom stereocenters. The topological polar surface area (TPSA) is 24.4 Å². The summed E-state index contributed by atoms with van der Waals surface area (Å²) in [6.07, 6.45) is 0.815. The molecule has 0 spiro atoms. The quantitative estimate of drug-likeness (QED) is 0.803. The third-order valence-electron chi connectivity index (χ3n) is 2.90. The lowest BCUT2D eigenvalue weighted by atomic mass is 10.0. The molecule has 0 aliphatic carbocycles. The number of amidine groups is 1. The molecule has 118 valence electrons. The van der Waals surface area contributed by atoms with Gasteiger partial charge in [0.2, 0.25) is 0 Å². The fourth-order valence-electron chi connectivity index (χ4n) is 2.14. The van der Waals surface area contributed by atoms with Crippen molar-refractivity contribution in [2.24, 2.45) is 10.9 Å². The average molecular weight is 314 g/mol. The zero-order chi connectivity index (χ0) is 15.9. The van der Waals surface area contributed by atoms with Crippen LogP contribution >= 0.6 is 11.8 Å². The molecule has 1 aliphatic rings. The molecule has 2 nitrogen and oxygen atoms in total. The van der Waals surface area contributed by atoms with E-state index in [1.165, 1.54) is 0 Å². The largest absolute Gasteiger partial charge is 0.372 e. The van der Waals surface area contributed by atoms with Crippen LogP contribution in [0.2, 0.25) is 0 Å². The van der Waals surface area contributed by atoms with Gasteiger partial charge in [-0.1, -0.05) is 44.7 Å². The summed E-state index contributed by atoms with van der Waals surface area (Å²) in [6, 6.07) is 7.37. The number of halogens is 2. The van der Waals surface area contributed by atoms with E-state index in [0.717, 1.165) is 37.8 Å². The van der Waals surface area contributed by atoms with E-state index in [-0.39, 0.29) is 0 Å². The molecule has 0 amide bonds. The van der Waals surface area contributed by atoms with E-state index in [4.69, 9.17) is 0 Å². The molecule has 1 aromatic carbocycles. The highest BCUT2D eigenvalue weighted by atomic mass is 32.2. The van der Waals surface area contributed by atoms with Gasteiger partial charge in [-0.3, -0.25) is 4.99 Å². The molecule has 1 aliphatic heterocycles. The van der Waals surface area contributed by atoms with Crippen LogP contribution in [0.4, 0.5) is 8.78 Å². The molecule has 1 heterocycles. The summed E-state index contributed by atoms with van der Waals surface area (Å²) in [5.74, 6) is 1.32. The number of nitrogens with one attached hydrogen (secondary N) is 1. The van der Waals surface area contributed by atoms with Gasteiger partial charge in [0.15, 0.2) is 0 Å². The van der Waals surface area contributed by atoms with Gasteiger partial charge in [0.1, 0.15) is 0 Å². The number of aliphatic imine (C=N–C) groups is 1. The van der Waals surface area contributed by atoms with Crippen molar-refractivity contribution < 1.29 is 8.78 Å². The fourth-order valence-corrected chi connectivity index (χ4v) is 2.91. The van der Waals surface area contributed by atoms with Gasteiger partial charge in [0.05, 0.1) is 12.4 Å². The first kappa shape index (κ1) is 18.0. The van der Waals surface area contributed by atoms with Gasteiger partial charge in [-0.25, -0.2) is 0 Å². The molecule has 1 N–H and O–H groups in total. The molecule has 5 heteroatoms. The standard InChI is InChI=1S/C14H18F2N2S.C2H6/c1-10(13-17-6-7-18-13)8-11-4-3-5-12(9-11)19-14(2,15)16;1-2/h3-5,9-10H,6-8H2,1-2H3,(H,17,18);1-2H3. The zero-order valence-corrected chi connectivity index (χ0v) is 13.9. The summed E-state index contributed by atoms with van der Waals surface area (Å²) in [5, 5.41) is 0.519. The Kier molecular flexibility index (Phi) is 7.15.